The van der Waals surface area contributed by atoms with Crippen LogP contribution in [0.3, 0.4) is 0 Å². The number of anilines is 1. The van der Waals surface area contributed by atoms with E-state index in [1.165, 1.54) is 19.1 Å². The molecule has 4 N–H and O–H groups in total. The minimum absolute atomic E-state index is 0.112. The van der Waals surface area contributed by atoms with Crippen molar-refractivity contribution in [3.05, 3.63) is 51.8 Å². The Labute approximate surface area is 206 Å². The lowest BCUT2D eigenvalue weighted by Gasteiger charge is -2.19. The molecular weight excluding hydrogens is 478 g/mol. The van der Waals surface area contributed by atoms with Crippen LogP contribution in [0.15, 0.2) is 24.3 Å². The molecule has 0 aliphatic heterocycles. The molecule has 1 heterocycles. The summed E-state index contributed by atoms with van der Waals surface area (Å²) in [6, 6.07) is 6.24. The Balaban J connectivity index is 1.68. The third kappa shape index (κ3) is 6.46. The predicted molar refractivity (Wildman–Crippen MR) is 127 cm³/mol. The Kier molecular flexibility index (Phi) is 8.61. The SMILES string of the molecule is CCCc1c(OCC(O)COc2cc(Cl)cc(C)c2NC(=O)c2nn[nH]n2)ccc(C(C)=O)c1O. The molecule has 1 amide bonds. The minimum Gasteiger partial charge on any atom is -0.507 e. The smallest absolute Gasteiger partial charge is 0.297 e. The van der Waals surface area contributed by atoms with Gasteiger partial charge in [-0.05, 0) is 49.2 Å². The van der Waals surface area contributed by atoms with Crippen molar-refractivity contribution >= 4 is 29.0 Å². The Morgan fingerprint density at radius 1 is 1.20 bits per heavy atom. The quantitative estimate of drug-likeness (QED) is 0.288. The van der Waals surface area contributed by atoms with E-state index in [-0.39, 0.29) is 41.9 Å². The van der Waals surface area contributed by atoms with E-state index in [4.69, 9.17) is 21.1 Å². The number of aromatic hydroxyl groups is 1. The summed E-state index contributed by atoms with van der Waals surface area (Å²) in [6.07, 6.45) is 0.169. The first kappa shape index (κ1) is 25.9. The van der Waals surface area contributed by atoms with Gasteiger partial charge in [-0.15, -0.1) is 10.2 Å². The average molecular weight is 504 g/mol. The summed E-state index contributed by atoms with van der Waals surface area (Å²) in [5.41, 5.74) is 1.69. The predicted octanol–water partition coefficient (Wildman–Crippen LogP) is 3.09. The average Bonchev–Trinajstić information content (AvgIpc) is 3.35. The number of aryl methyl sites for hydroxylation is 1. The van der Waals surface area contributed by atoms with Gasteiger partial charge >= 0.3 is 0 Å². The first-order chi connectivity index (χ1) is 16.7. The van der Waals surface area contributed by atoms with Gasteiger partial charge in [0, 0.05) is 16.7 Å². The number of aliphatic hydroxyl groups excluding tert-OH is 1. The van der Waals surface area contributed by atoms with Crippen LogP contribution in [0.5, 0.6) is 17.2 Å². The number of rotatable bonds is 11. The zero-order valence-corrected chi connectivity index (χ0v) is 20.2. The molecule has 1 unspecified atom stereocenters. The third-order valence-corrected chi connectivity index (χ3v) is 5.25. The molecule has 3 rings (SSSR count). The molecule has 3 aromatic rings. The van der Waals surface area contributed by atoms with Crippen LogP contribution in [0.1, 0.15) is 52.4 Å². The van der Waals surface area contributed by atoms with Crippen molar-refractivity contribution in [3.8, 4) is 17.2 Å². The second kappa shape index (κ2) is 11.6. The molecule has 11 nitrogen and oxygen atoms in total. The summed E-state index contributed by atoms with van der Waals surface area (Å²) >= 11 is 6.14. The van der Waals surface area contributed by atoms with Gasteiger partial charge in [0.15, 0.2) is 5.78 Å². The number of phenolic OH excluding ortho intramolecular Hbond substituents is 1. The second-order valence-corrected chi connectivity index (χ2v) is 8.24. The summed E-state index contributed by atoms with van der Waals surface area (Å²) in [4.78, 5) is 24.1. The fourth-order valence-corrected chi connectivity index (χ4v) is 3.63. The first-order valence-electron chi connectivity index (χ1n) is 10.9. The van der Waals surface area contributed by atoms with Crippen LogP contribution in [0.25, 0.3) is 0 Å². The number of carbonyl (C=O) groups is 2. The number of aromatic amines is 1. The van der Waals surface area contributed by atoms with Crippen molar-refractivity contribution in [3.63, 3.8) is 0 Å². The highest BCUT2D eigenvalue weighted by molar-refractivity contribution is 6.31. The van der Waals surface area contributed by atoms with Crippen LogP contribution in [0.2, 0.25) is 5.02 Å². The van der Waals surface area contributed by atoms with Crippen molar-refractivity contribution in [1.82, 2.24) is 20.6 Å². The molecule has 0 spiro atoms. The van der Waals surface area contributed by atoms with Gasteiger partial charge in [-0.1, -0.05) is 24.9 Å². The number of hydrogen-bond donors (Lipinski definition) is 4. The van der Waals surface area contributed by atoms with Crippen LogP contribution in [-0.4, -0.2) is 61.8 Å². The van der Waals surface area contributed by atoms with Gasteiger partial charge in [-0.3, -0.25) is 9.59 Å². The maximum atomic E-state index is 12.3. The van der Waals surface area contributed by atoms with Gasteiger partial charge < -0.3 is 25.0 Å². The molecule has 0 saturated heterocycles. The molecule has 186 valence electrons. The maximum Gasteiger partial charge on any atom is 0.297 e. The maximum absolute atomic E-state index is 12.3. The largest absolute Gasteiger partial charge is 0.507 e. The Bertz CT molecular complexity index is 1200. The van der Waals surface area contributed by atoms with Crippen molar-refractivity contribution in [2.24, 2.45) is 0 Å². The highest BCUT2D eigenvalue weighted by Gasteiger charge is 2.19. The normalized spacial score (nSPS) is 11.7. The fraction of sp³-hybridized carbons (Fsp3) is 0.348. The molecule has 0 saturated carbocycles. The van der Waals surface area contributed by atoms with Gasteiger partial charge in [0.05, 0.1) is 11.3 Å². The van der Waals surface area contributed by atoms with Crippen molar-refractivity contribution in [2.45, 2.75) is 39.7 Å². The standard InChI is InChI=1S/C23H26ClN5O6/c1-4-5-17-18(7-6-16(13(3)30)21(17)32)34-10-15(31)11-35-19-9-14(24)8-12(2)20(19)25-23(33)22-26-28-29-27-22/h6-9,15,31-32H,4-5,10-11H2,1-3H3,(H,25,33)(H,26,27,28,29). The fourth-order valence-electron chi connectivity index (χ4n) is 3.36. The number of ether oxygens (including phenoxy) is 2. The second-order valence-electron chi connectivity index (χ2n) is 7.81. The van der Waals surface area contributed by atoms with Gasteiger partial charge in [0.25, 0.3) is 11.7 Å². The molecule has 0 aliphatic carbocycles. The Morgan fingerprint density at radius 3 is 2.54 bits per heavy atom. The monoisotopic (exact) mass is 503 g/mol. The number of benzene rings is 2. The van der Waals surface area contributed by atoms with Gasteiger partial charge in [-0.25, -0.2) is 0 Å². The number of carbonyl (C=O) groups excluding carboxylic acids is 2. The number of H-pyrrole nitrogens is 1. The lowest BCUT2D eigenvalue weighted by atomic mass is 10.0. The minimum atomic E-state index is -1.06. The van der Waals surface area contributed by atoms with Gasteiger partial charge in [0.2, 0.25) is 0 Å². The van der Waals surface area contributed by atoms with Crippen LogP contribution < -0.4 is 14.8 Å². The Morgan fingerprint density at radius 2 is 1.91 bits per heavy atom. The molecule has 0 radical (unpaired) electrons. The van der Waals surface area contributed by atoms with Crippen molar-refractivity contribution < 1.29 is 29.3 Å². The van der Waals surface area contributed by atoms with E-state index in [0.717, 1.165) is 6.42 Å². The lowest BCUT2D eigenvalue weighted by molar-refractivity contribution is 0.0624. The molecule has 1 aromatic heterocycles. The number of ketones is 1. The number of amides is 1. The molecule has 12 heteroatoms. The summed E-state index contributed by atoms with van der Waals surface area (Å²) in [6.45, 7) is 4.74. The molecule has 0 aliphatic rings. The lowest BCUT2D eigenvalue weighted by Crippen LogP contribution is -2.26. The van der Waals surface area contributed by atoms with E-state index in [1.54, 1.807) is 19.1 Å². The highest BCUT2D eigenvalue weighted by Crippen LogP contribution is 2.34. The summed E-state index contributed by atoms with van der Waals surface area (Å²) < 4.78 is 11.5. The van der Waals surface area contributed by atoms with E-state index < -0.39 is 12.0 Å². The number of halogens is 1. The number of Topliss-reactive ketones (excluding diaryl/α,β-unsaturated/α-hetero) is 1. The van der Waals surface area contributed by atoms with E-state index in [2.05, 4.69) is 25.9 Å². The molecule has 2 aromatic carbocycles. The van der Waals surface area contributed by atoms with E-state index in [9.17, 15) is 19.8 Å². The first-order valence-corrected chi connectivity index (χ1v) is 11.2. The van der Waals surface area contributed by atoms with Gasteiger partial charge in [0.1, 0.15) is 36.6 Å². The number of phenols is 1. The summed E-state index contributed by atoms with van der Waals surface area (Å²) in [5.74, 6) is -0.505. The van der Waals surface area contributed by atoms with E-state index >= 15 is 0 Å². The van der Waals surface area contributed by atoms with Crippen molar-refractivity contribution in [2.75, 3.05) is 18.5 Å². The summed E-state index contributed by atoms with van der Waals surface area (Å²) in [7, 11) is 0. The van der Waals surface area contributed by atoms with Crippen LogP contribution in [0.4, 0.5) is 5.69 Å². The summed E-state index contributed by atoms with van der Waals surface area (Å²) in [5, 5.41) is 36.8. The topological polar surface area (TPSA) is 160 Å². The number of aromatic nitrogens is 4. The number of nitrogens with one attached hydrogen (secondary N) is 2. The Hall–Kier alpha value is -3.70. The number of nitrogens with zero attached hydrogens (tertiary/aromatic N) is 3. The highest BCUT2D eigenvalue weighted by atomic mass is 35.5. The number of aliphatic hydroxyl groups is 1. The molecule has 35 heavy (non-hydrogen) atoms. The van der Waals surface area contributed by atoms with Crippen LogP contribution in [-0.2, 0) is 6.42 Å². The molecule has 0 fully saturated rings. The van der Waals surface area contributed by atoms with Crippen LogP contribution >= 0.6 is 11.6 Å². The zero-order chi connectivity index (χ0) is 25.5. The molecule has 1 atom stereocenters. The number of tetrazole rings is 1. The van der Waals surface area contributed by atoms with E-state index in [0.29, 0.717) is 34.0 Å². The number of hydrogen-bond acceptors (Lipinski definition) is 9. The van der Waals surface area contributed by atoms with Crippen molar-refractivity contribution in [1.29, 1.82) is 0 Å². The molecular formula is C23H26ClN5O6. The third-order valence-electron chi connectivity index (χ3n) is 5.03. The van der Waals surface area contributed by atoms with Crippen LogP contribution in [0, 0.1) is 6.92 Å². The zero-order valence-electron chi connectivity index (χ0n) is 19.5. The van der Waals surface area contributed by atoms with E-state index in [1.807, 2.05) is 6.92 Å². The van der Waals surface area contributed by atoms with Gasteiger partial charge in [-0.2, -0.15) is 5.21 Å². The molecule has 0 bridgehead atoms.